The number of methoxy groups -OCH3 is 1. The molecule has 0 amide bonds. The molecule has 0 radical (unpaired) electrons. The fourth-order valence-corrected chi connectivity index (χ4v) is 3.04. The lowest BCUT2D eigenvalue weighted by atomic mass is 9.96. The predicted octanol–water partition coefficient (Wildman–Crippen LogP) is 3.50. The molecule has 3 rings (SSSR count). The molecule has 0 saturated carbocycles. The maximum absolute atomic E-state index is 11.9. The minimum atomic E-state index is -0.382. The number of halogens is 2. The fourth-order valence-electron chi connectivity index (χ4n) is 2.58. The van der Waals surface area contributed by atoms with E-state index in [0.29, 0.717) is 28.9 Å². The number of hydrogen-bond acceptors (Lipinski definition) is 4. The SMILES string of the molecule is COC(=O)C1CCCn2c(-c3ccc(Cl)o3)nc(Cl)c21. The third-order valence-electron chi connectivity index (χ3n) is 3.45. The molecule has 1 aliphatic heterocycles. The first kappa shape index (κ1) is 13.5. The van der Waals surface area contributed by atoms with Crippen LogP contribution in [-0.4, -0.2) is 22.6 Å². The molecule has 2 aromatic rings. The molecule has 3 heterocycles. The lowest BCUT2D eigenvalue weighted by Gasteiger charge is -2.23. The quantitative estimate of drug-likeness (QED) is 0.796. The zero-order chi connectivity index (χ0) is 14.3. The van der Waals surface area contributed by atoms with Gasteiger partial charge < -0.3 is 13.7 Å². The van der Waals surface area contributed by atoms with E-state index >= 15 is 0 Å². The number of furan rings is 1. The van der Waals surface area contributed by atoms with Crippen molar-refractivity contribution in [2.24, 2.45) is 0 Å². The summed E-state index contributed by atoms with van der Waals surface area (Å²) in [5.41, 5.74) is 0.687. The molecule has 0 aliphatic carbocycles. The maximum atomic E-state index is 11.9. The van der Waals surface area contributed by atoms with Crippen molar-refractivity contribution >= 4 is 29.2 Å². The first-order chi connectivity index (χ1) is 9.61. The van der Waals surface area contributed by atoms with Crippen LogP contribution >= 0.6 is 23.2 Å². The van der Waals surface area contributed by atoms with Gasteiger partial charge in [-0.3, -0.25) is 4.79 Å². The van der Waals surface area contributed by atoms with Gasteiger partial charge in [0.2, 0.25) is 0 Å². The minimum absolute atomic E-state index is 0.286. The van der Waals surface area contributed by atoms with Gasteiger partial charge in [0.15, 0.2) is 22.0 Å². The lowest BCUT2D eigenvalue weighted by Crippen LogP contribution is -2.23. The van der Waals surface area contributed by atoms with Crippen LogP contribution in [0.2, 0.25) is 10.4 Å². The second-order valence-electron chi connectivity index (χ2n) is 4.58. The van der Waals surface area contributed by atoms with Gasteiger partial charge in [-0.25, -0.2) is 4.98 Å². The van der Waals surface area contributed by atoms with E-state index in [-0.39, 0.29) is 17.1 Å². The van der Waals surface area contributed by atoms with E-state index in [0.717, 1.165) is 13.0 Å². The topological polar surface area (TPSA) is 57.3 Å². The number of imidazole rings is 1. The van der Waals surface area contributed by atoms with Crippen LogP contribution in [0.15, 0.2) is 16.5 Å². The Morgan fingerprint density at radius 2 is 2.30 bits per heavy atom. The van der Waals surface area contributed by atoms with Gasteiger partial charge in [-0.1, -0.05) is 11.6 Å². The Hall–Kier alpha value is -1.46. The molecule has 1 aliphatic rings. The van der Waals surface area contributed by atoms with Crippen LogP contribution in [0.1, 0.15) is 24.5 Å². The Bertz CT molecular complexity index is 663. The third kappa shape index (κ3) is 2.11. The Labute approximate surface area is 125 Å². The maximum Gasteiger partial charge on any atom is 0.314 e. The van der Waals surface area contributed by atoms with E-state index < -0.39 is 0 Å². The number of nitrogens with zero attached hydrogens (tertiary/aromatic N) is 2. The molecule has 0 aromatic carbocycles. The highest BCUT2D eigenvalue weighted by molar-refractivity contribution is 6.30. The van der Waals surface area contributed by atoms with Crippen LogP contribution in [0.4, 0.5) is 0 Å². The first-order valence-electron chi connectivity index (χ1n) is 6.21. The van der Waals surface area contributed by atoms with Crippen LogP contribution in [0.5, 0.6) is 0 Å². The van der Waals surface area contributed by atoms with E-state index in [4.69, 9.17) is 32.4 Å². The molecular formula is C13H12Cl2N2O3. The van der Waals surface area contributed by atoms with Crippen molar-refractivity contribution in [2.45, 2.75) is 25.3 Å². The molecule has 0 bridgehead atoms. The minimum Gasteiger partial charge on any atom is -0.469 e. The van der Waals surface area contributed by atoms with Gasteiger partial charge in [0, 0.05) is 6.54 Å². The fraction of sp³-hybridized carbons (Fsp3) is 0.385. The molecule has 0 saturated heterocycles. The molecule has 0 spiro atoms. The first-order valence-corrected chi connectivity index (χ1v) is 6.97. The second kappa shape index (κ2) is 5.14. The largest absolute Gasteiger partial charge is 0.469 e. The number of carbonyl (C=O) groups is 1. The van der Waals surface area contributed by atoms with Gasteiger partial charge in [-0.2, -0.15) is 0 Å². The Balaban J connectivity index is 2.11. The molecule has 2 aromatic heterocycles. The molecule has 106 valence electrons. The van der Waals surface area contributed by atoms with Gasteiger partial charge in [0.25, 0.3) is 0 Å². The van der Waals surface area contributed by atoms with Gasteiger partial charge in [-0.05, 0) is 36.6 Å². The van der Waals surface area contributed by atoms with E-state index in [2.05, 4.69) is 4.98 Å². The monoisotopic (exact) mass is 314 g/mol. The standard InChI is InChI=1S/C13H12Cl2N2O3/c1-19-13(18)7-3-2-6-17-10(7)11(15)16-12(17)8-4-5-9(14)20-8/h4-5,7H,2-3,6H2,1H3. The van der Waals surface area contributed by atoms with E-state index in [1.54, 1.807) is 12.1 Å². The highest BCUT2D eigenvalue weighted by Gasteiger charge is 2.33. The average Bonchev–Trinajstić information content (AvgIpc) is 3.02. The number of aromatic nitrogens is 2. The summed E-state index contributed by atoms with van der Waals surface area (Å²) in [6, 6.07) is 3.38. The number of hydrogen-bond donors (Lipinski definition) is 0. The van der Waals surface area contributed by atoms with E-state index in [1.165, 1.54) is 7.11 Å². The number of fused-ring (bicyclic) bond motifs is 1. The van der Waals surface area contributed by atoms with Crippen LogP contribution in [0.3, 0.4) is 0 Å². The average molecular weight is 315 g/mol. The summed E-state index contributed by atoms with van der Waals surface area (Å²) in [5, 5.41) is 0.594. The Morgan fingerprint density at radius 1 is 1.50 bits per heavy atom. The summed E-state index contributed by atoms with van der Waals surface area (Å²) in [6.45, 7) is 0.732. The summed E-state index contributed by atoms with van der Waals surface area (Å²) in [7, 11) is 1.37. The lowest BCUT2D eigenvalue weighted by molar-refractivity contribution is -0.143. The van der Waals surface area contributed by atoms with Gasteiger partial charge in [0.1, 0.15) is 5.92 Å². The van der Waals surface area contributed by atoms with Crippen molar-refractivity contribution in [1.82, 2.24) is 9.55 Å². The number of esters is 1. The molecule has 7 heteroatoms. The van der Waals surface area contributed by atoms with Gasteiger partial charge in [0.05, 0.1) is 12.8 Å². The molecule has 20 heavy (non-hydrogen) atoms. The van der Waals surface area contributed by atoms with Crippen molar-refractivity contribution in [3.63, 3.8) is 0 Å². The smallest absolute Gasteiger partial charge is 0.314 e. The summed E-state index contributed by atoms with van der Waals surface area (Å²) >= 11 is 12.0. The van der Waals surface area contributed by atoms with Crippen molar-refractivity contribution in [1.29, 1.82) is 0 Å². The predicted molar refractivity (Wildman–Crippen MR) is 73.9 cm³/mol. The summed E-state index contributed by atoms with van der Waals surface area (Å²) in [5.74, 6) is 0.448. The number of ether oxygens (including phenoxy) is 1. The zero-order valence-electron chi connectivity index (χ0n) is 10.7. The third-order valence-corrected chi connectivity index (χ3v) is 3.93. The molecule has 1 atom stereocenters. The molecule has 1 unspecified atom stereocenters. The summed E-state index contributed by atoms with van der Waals surface area (Å²) in [6.07, 6.45) is 1.55. The Morgan fingerprint density at radius 3 is 2.95 bits per heavy atom. The van der Waals surface area contributed by atoms with Crippen LogP contribution in [0, 0.1) is 0 Å². The van der Waals surface area contributed by atoms with Crippen molar-refractivity contribution in [2.75, 3.05) is 7.11 Å². The molecular weight excluding hydrogens is 303 g/mol. The zero-order valence-corrected chi connectivity index (χ0v) is 12.2. The number of carbonyl (C=O) groups excluding carboxylic acids is 1. The van der Waals surface area contributed by atoms with E-state index in [1.807, 2.05) is 4.57 Å². The van der Waals surface area contributed by atoms with Crippen molar-refractivity contribution < 1.29 is 13.9 Å². The molecule has 0 N–H and O–H groups in total. The van der Waals surface area contributed by atoms with Gasteiger partial charge in [-0.15, -0.1) is 0 Å². The second-order valence-corrected chi connectivity index (χ2v) is 5.32. The molecule has 0 fully saturated rings. The summed E-state index contributed by atoms with van der Waals surface area (Å²) < 4.78 is 12.1. The van der Waals surface area contributed by atoms with Crippen LogP contribution in [-0.2, 0) is 16.1 Å². The van der Waals surface area contributed by atoms with Crippen LogP contribution < -0.4 is 0 Å². The number of rotatable bonds is 2. The Kier molecular flexibility index (Phi) is 3.48. The van der Waals surface area contributed by atoms with Gasteiger partial charge >= 0.3 is 5.97 Å². The highest BCUT2D eigenvalue weighted by Crippen LogP contribution is 2.38. The summed E-state index contributed by atoms with van der Waals surface area (Å²) in [4.78, 5) is 16.2. The highest BCUT2D eigenvalue weighted by atomic mass is 35.5. The van der Waals surface area contributed by atoms with Crippen molar-refractivity contribution in [3.05, 3.63) is 28.2 Å². The molecule has 5 nitrogen and oxygen atoms in total. The van der Waals surface area contributed by atoms with Crippen molar-refractivity contribution in [3.8, 4) is 11.6 Å². The normalized spacial score (nSPS) is 17.9. The van der Waals surface area contributed by atoms with E-state index in [9.17, 15) is 4.79 Å². The van der Waals surface area contributed by atoms with Crippen LogP contribution in [0.25, 0.3) is 11.6 Å².